The second-order valence-electron chi connectivity index (χ2n) is 5.74. The highest BCUT2D eigenvalue weighted by atomic mass is 32.2. The van der Waals surface area contributed by atoms with E-state index in [1.807, 2.05) is 18.2 Å². The zero-order valence-electron chi connectivity index (χ0n) is 14.7. The molecule has 0 bridgehead atoms. The maximum Gasteiger partial charge on any atom is 0.225 e. The number of methoxy groups -OCH3 is 1. The maximum atomic E-state index is 12.1. The molecule has 0 atom stereocenters. The van der Waals surface area contributed by atoms with Gasteiger partial charge in [-0.1, -0.05) is 47.7 Å². The van der Waals surface area contributed by atoms with Crippen molar-refractivity contribution in [2.45, 2.75) is 17.7 Å². The van der Waals surface area contributed by atoms with E-state index in [2.05, 4.69) is 46.9 Å². The number of carbonyl (C=O) groups excluding carboxylic acids is 1. The normalized spacial score (nSPS) is 10.5. The summed E-state index contributed by atoms with van der Waals surface area (Å²) in [5.41, 5.74) is 4.09. The largest absolute Gasteiger partial charge is 0.497 e. The zero-order chi connectivity index (χ0) is 18.4. The van der Waals surface area contributed by atoms with E-state index in [1.54, 1.807) is 36.3 Å². The molecule has 1 aromatic heterocycles. The number of amides is 1. The highest BCUT2D eigenvalue weighted by Gasteiger charge is 2.08. The molecule has 0 saturated carbocycles. The van der Waals surface area contributed by atoms with E-state index < -0.39 is 0 Å². The zero-order valence-corrected chi connectivity index (χ0v) is 16.3. The molecule has 6 heteroatoms. The van der Waals surface area contributed by atoms with Gasteiger partial charge in [0.2, 0.25) is 5.91 Å². The molecule has 0 fully saturated rings. The Balaban J connectivity index is 1.48. The fraction of sp³-hybridized carbons (Fsp3) is 0.200. The number of ether oxygens (including phenoxy) is 1. The summed E-state index contributed by atoms with van der Waals surface area (Å²) in [5.74, 6) is 1.40. The van der Waals surface area contributed by atoms with Gasteiger partial charge in [0.15, 0.2) is 4.34 Å². The van der Waals surface area contributed by atoms with Crippen LogP contribution in [0.2, 0.25) is 0 Å². The molecule has 0 aliphatic rings. The molecule has 26 heavy (non-hydrogen) atoms. The number of thioether (sulfide) groups is 1. The third kappa shape index (κ3) is 5.09. The van der Waals surface area contributed by atoms with Gasteiger partial charge in [0.25, 0.3) is 0 Å². The van der Waals surface area contributed by atoms with Crippen molar-refractivity contribution in [3.8, 4) is 17.0 Å². The Bertz CT molecular complexity index is 876. The van der Waals surface area contributed by atoms with Gasteiger partial charge in [-0.25, -0.2) is 4.98 Å². The Morgan fingerprint density at radius 2 is 2.04 bits per heavy atom. The number of nitrogens with zero attached hydrogens (tertiary/aromatic N) is 1. The van der Waals surface area contributed by atoms with Crippen molar-refractivity contribution < 1.29 is 9.53 Å². The number of benzene rings is 2. The fourth-order valence-corrected chi connectivity index (χ4v) is 4.18. The molecule has 0 aliphatic carbocycles. The van der Waals surface area contributed by atoms with Crippen LogP contribution in [0.3, 0.4) is 0 Å². The predicted molar refractivity (Wildman–Crippen MR) is 109 cm³/mol. The molecule has 3 aromatic rings. The number of rotatable bonds is 7. The molecule has 0 saturated heterocycles. The predicted octanol–water partition coefficient (Wildman–Crippen LogP) is 5.25. The molecule has 134 valence electrons. The van der Waals surface area contributed by atoms with Gasteiger partial charge < -0.3 is 10.1 Å². The van der Waals surface area contributed by atoms with Crippen molar-refractivity contribution in [3.05, 3.63) is 59.5 Å². The number of aryl methyl sites for hydroxylation is 1. The van der Waals surface area contributed by atoms with Crippen LogP contribution in [0.15, 0.2) is 58.3 Å². The number of aromatic nitrogens is 1. The van der Waals surface area contributed by atoms with Gasteiger partial charge in [0.05, 0.1) is 12.8 Å². The first-order valence-corrected chi connectivity index (χ1v) is 10.1. The molecule has 1 N–H and O–H groups in total. The minimum absolute atomic E-state index is 0.0129. The number of hydrogen-bond acceptors (Lipinski definition) is 5. The lowest BCUT2D eigenvalue weighted by atomic mass is 10.1. The molecular weight excluding hydrogens is 364 g/mol. The van der Waals surface area contributed by atoms with Crippen LogP contribution in [0.25, 0.3) is 11.3 Å². The number of nitrogens with one attached hydrogen (secondary N) is 1. The van der Waals surface area contributed by atoms with Crippen LogP contribution in [0, 0.1) is 6.92 Å². The van der Waals surface area contributed by atoms with E-state index in [9.17, 15) is 4.79 Å². The molecule has 2 aromatic carbocycles. The van der Waals surface area contributed by atoms with Crippen LogP contribution in [-0.2, 0) is 4.79 Å². The van der Waals surface area contributed by atoms with Gasteiger partial charge >= 0.3 is 0 Å². The monoisotopic (exact) mass is 384 g/mol. The van der Waals surface area contributed by atoms with Crippen LogP contribution < -0.4 is 10.1 Å². The summed E-state index contributed by atoms with van der Waals surface area (Å²) in [7, 11) is 1.61. The van der Waals surface area contributed by atoms with E-state index >= 15 is 0 Å². The van der Waals surface area contributed by atoms with Crippen LogP contribution in [0.4, 0.5) is 5.69 Å². The van der Waals surface area contributed by atoms with Crippen LogP contribution in [0.1, 0.15) is 12.0 Å². The highest BCUT2D eigenvalue weighted by molar-refractivity contribution is 8.01. The summed E-state index contributed by atoms with van der Waals surface area (Å²) in [6.45, 7) is 2.07. The Morgan fingerprint density at radius 1 is 1.23 bits per heavy atom. The second-order valence-corrected chi connectivity index (χ2v) is 7.94. The Morgan fingerprint density at radius 3 is 2.81 bits per heavy atom. The van der Waals surface area contributed by atoms with Crippen molar-refractivity contribution in [1.29, 1.82) is 0 Å². The van der Waals surface area contributed by atoms with Crippen LogP contribution in [-0.4, -0.2) is 23.8 Å². The molecule has 0 unspecified atom stereocenters. The van der Waals surface area contributed by atoms with E-state index in [-0.39, 0.29) is 5.91 Å². The molecule has 1 amide bonds. The minimum atomic E-state index is -0.0129. The molecule has 0 aliphatic heterocycles. The molecule has 1 heterocycles. The van der Waals surface area contributed by atoms with Crippen LogP contribution >= 0.6 is 23.1 Å². The lowest BCUT2D eigenvalue weighted by Crippen LogP contribution is -2.12. The SMILES string of the molecule is COc1cccc(NC(=O)CCSc2nc(-c3ccc(C)cc3)cs2)c1. The number of thiazole rings is 1. The van der Waals surface area contributed by atoms with Crippen molar-refractivity contribution in [2.75, 3.05) is 18.2 Å². The average molecular weight is 385 g/mol. The van der Waals surface area contributed by atoms with Crippen molar-refractivity contribution in [3.63, 3.8) is 0 Å². The lowest BCUT2D eigenvalue weighted by molar-refractivity contribution is -0.115. The first-order chi connectivity index (χ1) is 12.6. The third-order valence-corrected chi connectivity index (χ3v) is 5.76. The molecular formula is C20H20N2O2S2. The fourth-order valence-electron chi connectivity index (χ4n) is 2.34. The standard InChI is InChI=1S/C20H20N2O2S2/c1-14-6-8-15(9-7-14)18-13-26-20(22-18)25-11-10-19(23)21-16-4-3-5-17(12-16)24-2/h3-9,12-13H,10-11H2,1-2H3,(H,21,23). The summed E-state index contributed by atoms with van der Waals surface area (Å²) in [4.78, 5) is 16.7. The minimum Gasteiger partial charge on any atom is -0.497 e. The van der Waals surface area contributed by atoms with Gasteiger partial charge in [0, 0.05) is 34.9 Å². The van der Waals surface area contributed by atoms with E-state index in [4.69, 9.17) is 4.74 Å². The summed E-state index contributed by atoms with van der Waals surface area (Å²) in [6.07, 6.45) is 0.432. The van der Waals surface area contributed by atoms with Gasteiger partial charge in [-0.2, -0.15) is 0 Å². The topological polar surface area (TPSA) is 51.2 Å². The third-order valence-electron chi connectivity index (χ3n) is 3.74. The first-order valence-electron chi connectivity index (χ1n) is 8.23. The summed E-state index contributed by atoms with van der Waals surface area (Å²) < 4.78 is 6.14. The molecule has 0 spiro atoms. The smallest absolute Gasteiger partial charge is 0.225 e. The summed E-state index contributed by atoms with van der Waals surface area (Å²) in [6, 6.07) is 15.7. The number of hydrogen-bond donors (Lipinski definition) is 1. The lowest BCUT2D eigenvalue weighted by Gasteiger charge is -2.06. The Labute approximate surface area is 161 Å². The van der Waals surface area contributed by atoms with Gasteiger partial charge in [-0.3, -0.25) is 4.79 Å². The van der Waals surface area contributed by atoms with E-state index in [1.165, 1.54) is 5.56 Å². The Kier molecular flexibility index (Phi) is 6.30. The van der Waals surface area contributed by atoms with Crippen molar-refractivity contribution in [2.24, 2.45) is 0 Å². The maximum absolute atomic E-state index is 12.1. The Hall–Kier alpha value is -2.31. The first kappa shape index (κ1) is 18.5. The van der Waals surface area contributed by atoms with E-state index in [0.717, 1.165) is 27.0 Å². The molecule has 3 rings (SSSR count). The summed E-state index contributed by atoms with van der Waals surface area (Å²) in [5, 5.41) is 4.95. The number of anilines is 1. The highest BCUT2D eigenvalue weighted by Crippen LogP contribution is 2.28. The van der Waals surface area contributed by atoms with Gasteiger partial charge in [0.1, 0.15) is 5.75 Å². The van der Waals surface area contributed by atoms with Crippen molar-refractivity contribution >= 4 is 34.7 Å². The second kappa shape index (κ2) is 8.87. The van der Waals surface area contributed by atoms with Gasteiger partial charge in [-0.15, -0.1) is 11.3 Å². The van der Waals surface area contributed by atoms with Gasteiger partial charge in [-0.05, 0) is 19.1 Å². The molecule has 4 nitrogen and oxygen atoms in total. The quantitative estimate of drug-likeness (QED) is 0.565. The molecule has 0 radical (unpaired) electrons. The van der Waals surface area contributed by atoms with E-state index in [0.29, 0.717) is 12.2 Å². The average Bonchev–Trinajstić information content (AvgIpc) is 3.11. The number of carbonyl (C=O) groups is 1. The van der Waals surface area contributed by atoms with Crippen LogP contribution in [0.5, 0.6) is 5.75 Å². The summed E-state index contributed by atoms with van der Waals surface area (Å²) >= 11 is 3.22. The van der Waals surface area contributed by atoms with Crippen molar-refractivity contribution in [1.82, 2.24) is 4.98 Å².